The van der Waals surface area contributed by atoms with Crippen LogP contribution in [0, 0.1) is 5.92 Å². The summed E-state index contributed by atoms with van der Waals surface area (Å²) in [6, 6.07) is 0. The third kappa shape index (κ3) is 6.24. The molecule has 0 amide bonds. The molecular formula is C23H28O11S. The Kier molecular flexibility index (Phi) is 8.98. The zero-order valence-electron chi connectivity index (χ0n) is 19.8. The van der Waals surface area contributed by atoms with Crippen LogP contribution >= 0.6 is 11.8 Å². The Morgan fingerprint density at radius 3 is 2.29 bits per heavy atom. The minimum Gasteiger partial charge on any atom is -0.471 e. The summed E-state index contributed by atoms with van der Waals surface area (Å²) in [5.74, 6) is -2.76. The lowest BCUT2D eigenvalue weighted by molar-refractivity contribution is -0.332. The number of rotatable bonds is 8. The predicted molar refractivity (Wildman–Crippen MR) is 120 cm³/mol. The average Bonchev–Trinajstić information content (AvgIpc) is 2.78. The second kappa shape index (κ2) is 11.7. The van der Waals surface area contributed by atoms with E-state index in [-0.39, 0.29) is 12.2 Å². The van der Waals surface area contributed by atoms with E-state index in [4.69, 9.17) is 33.2 Å². The van der Waals surface area contributed by atoms with Gasteiger partial charge in [0.2, 0.25) is 12.6 Å². The topological polar surface area (TPSA) is 133 Å². The Balaban J connectivity index is 1.95. The van der Waals surface area contributed by atoms with Crippen molar-refractivity contribution in [1.29, 1.82) is 0 Å². The van der Waals surface area contributed by atoms with Gasteiger partial charge < -0.3 is 33.2 Å². The highest BCUT2D eigenvalue weighted by Crippen LogP contribution is 2.37. The van der Waals surface area contributed by atoms with E-state index in [2.05, 4.69) is 6.58 Å². The molecule has 11 nitrogen and oxygen atoms in total. The molecule has 0 aliphatic carbocycles. The molecule has 3 heterocycles. The van der Waals surface area contributed by atoms with Crippen molar-refractivity contribution in [2.45, 2.75) is 57.8 Å². The molecule has 0 radical (unpaired) electrons. The minimum absolute atomic E-state index is 0.0902. The lowest BCUT2D eigenvalue weighted by Crippen LogP contribution is -2.63. The van der Waals surface area contributed by atoms with Gasteiger partial charge in [0.15, 0.2) is 18.3 Å². The summed E-state index contributed by atoms with van der Waals surface area (Å²) < 4.78 is 39.2. The van der Waals surface area contributed by atoms with Gasteiger partial charge in [0.25, 0.3) is 0 Å². The largest absolute Gasteiger partial charge is 0.471 e. The van der Waals surface area contributed by atoms with Crippen molar-refractivity contribution in [2.24, 2.45) is 5.92 Å². The fourth-order valence-electron chi connectivity index (χ4n) is 4.06. The molecule has 0 spiro atoms. The fourth-order valence-corrected chi connectivity index (χ4v) is 4.66. The molecule has 3 rings (SSSR count). The summed E-state index contributed by atoms with van der Waals surface area (Å²) >= 11 is 1.41. The maximum Gasteiger partial charge on any atom is 0.341 e. The Morgan fingerprint density at radius 2 is 1.69 bits per heavy atom. The summed E-state index contributed by atoms with van der Waals surface area (Å²) in [7, 11) is 0. The van der Waals surface area contributed by atoms with Crippen LogP contribution in [-0.2, 0) is 52.3 Å². The van der Waals surface area contributed by atoms with E-state index in [0.717, 1.165) is 0 Å². The molecule has 12 heteroatoms. The Hall–Kier alpha value is -2.83. The molecular weight excluding hydrogens is 484 g/mol. The Bertz CT molecular complexity index is 926. The van der Waals surface area contributed by atoms with Crippen LogP contribution in [0.25, 0.3) is 0 Å². The van der Waals surface area contributed by atoms with Crippen molar-refractivity contribution in [2.75, 3.05) is 18.6 Å². The summed E-state index contributed by atoms with van der Waals surface area (Å²) in [6.45, 7) is 7.48. The second-order valence-corrected chi connectivity index (χ2v) is 8.82. The molecule has 7 atom stereocenters. The average molecular weight is 513 g/mol. The molecule has 0 bridgehead atoms. The van der Waals surface area contributed by atoms with Gasteiger partial charge in [-0.1, -0.05) is 6.08 Å². The van der Waals surface area contributed by atoms with Crippen molar-refractivity contribution < 1.29 is 52.3 Å². The van der Waals surface area contributed by atoms with Gasteiger partial charge in [0.05, 0.1) is 11.5 Å². The molecule has 0 aromatic heterocycles. The van der Waals surface area contributed by atoms with E-state index in [1.165, 1.54) is 38.8 Å². The molecule has 0 aromatic carbocycles. The zero-order valence-corrected chi connectivity index (χ0v) is 20.6. The predicted octanol–water partition coefficient (Wildman–Crippen LogP) is 1.41. The second-order valence-electron chi connectivity index (χ2n) is 7.91. The normalized spacial score (nSPS) is 32.0. The summed E-state index contributed by atoms with van der Waals surface area (Å²) in [6.07, 6.45) is -0.293. The van der Waals surface area contributed by atoms with Crippen LogP contribution in [0.5, 0.6) is 0 Å². The molecule has 1 fully saturated rings. The summed E-state index contributed by atoms with van der Waals surface area (Å²) in [5, 5.41) is 0. The van der Waals surface area contributed by atoms with E-state index >= 15 is 0 Å². The highest BCUT2D eigenvalue weighted by Gasteiger charge is 2.53. The number of thioether (sulfide) groups is 1. The number of carbonyl (C=O) groups is 4. The third-order valence-corrected chi connectivity index (χ3v) is 6.03. The zero-order chi connectivity index (χ0) is 25.7. The van der Waals surface area contributed by atoms with E-state index < -0.39 is 66.8 Å². The molecule has 0 aromatic rings. The number of cyclic esters (lactones) is 1. The molecule has 3 aliphatic heterocycles. The SMILES string of the molecule is C=C[C@@H]1C2=CCOC(=O)C2=CO[C@H]1O[C@@H]1O[C@H](CSC)[C@@H](OC(C)=O)[C@H](OC(C)=O)[C@H]1OC(C)=O. The van der Waals surface area contributed by atoms with Crippen molar-refractivity contribution in [3.8, 4) is 0 Å². The number of esters is 4. The first-order valence-corrected chi connectivity index (χ1v) is 12.2. The Labute approximate surface area is 206 Å². The lowest BCUT2D eigenvalue weighted by atomic mass is 9.89. The molecule has 3 aliphatic rings. The quantitative estimate of drug-likeness (QED) is 0.264. The van der Waals surface area contributed by atoms with Crippen LogP contribution in [-0.4, -0.2) is 79.5 Å². The molecule has 192 valence electrons. The number of carbonyl (C=O) groups excluding carboxylic acids is 4. The van der Waals surface area contributed by atoms with Crippen LogP contribution in [0.4, 0.5) is 0 Å². The van der Waals surface area contributed by atoms with Crippen LogP contribution < -0.4 is 0 Å². The van der Waals surface area contributed by atoms with Gasteiger partial charge in [-0.15, -0.1) is 6.58 Å². The number of hydrogen-bond acceptors (Lipinski definition) is 12. The van der Waals surface area contributed by atoms with Gasteiger partial charge in [0, 0.05) is 26.5 Å². The molecule has 35 heavy (non-hydrogen) atoms. The van der Waals surface area contributed by atoms with Crippen LogP contribution in [0.2, 0.25) is 0 Å². The van der Waals surface area contributed by atoms with Gasteiger partial charge in [-0.25, -0.2) is 4.79 Å². The number of ether oxygens (including phenoxy) is 7. The standard InChI is InChI=1S/C23H28O11S/c1-6-14-15-7-8-28-21(27)16(15)9-29-22(14)34-23-20(32-13(4)26)19(31-12(3)25)18(30-11(2)24)17(33-23)10-35-5/h6-7,9,14,17-20,22-23H,1,8,10H2,2-5H3/t14-,17-,18-,19+,20-,22+,23+/m1/s1. The molecule has 1 saturated heterocycles. The van der Waals surface area contributed by atoms with E-state index in [9.17, 15) is 19.2 Å². The van der Waals surface area contributed by atoms with Crippen LogP contribution in [0.1, 0.15) is 20.8 Å². The van der Waals surface area contributed by atoms with Crippen molar-refractivity contribution >= 4 is 35.6 Å². The summed E-state index contributed by atoms with van der Waals surface area (Å²) in [5.41, 5.74) is 0.859. The smallest absolute Gasteiger partial charge is 0.341 e. The highest BCUT2D eigenvalue weighted by atomic mass is 32.2. The monoisotopic (exact) mass is 512 g/mol. The number of fused-ring (bicyclic) bond motifs is 1. The lowest BCUT2D eigenvalue weighted by Gasteiger charge is -2.45. The van der Waals surface area contributed by atoms with Crippen LogP contribution in [0.3, 0.4) is 0 Å². The van der Waals surface area contributed by atoms with Gasteiger partial charge in [-0.05, 0) is 17.9 Å². The molecule has 0 N–H and O–H groups in total. The van der Waals surface area contributed by atoms with Gasteiger partial charge in [0.1, 0.15) is 19.0 Å². The van der Waals surface area contributed by atoms with Gasteiger partial charge in [-0.3, -0.25) is 14.4 Å². The van der Waals surface area contributed by atoms with Crippen LogP contribution in [0.15, 0.2) is 36.1 Å². The summed E-state index contributed by atoms with van der Waals surface area (Å²) in [4.78, 5) is 47.8. The first-order chi connectivity index (χ1) is 16.7. The molecule has 0 unspecified atom stereocenters. The minimum atomic E-state index is -1.29. The third-order valence-electron chi connectivity index (χ3n) is 5.37. The Morgan fingerprint density at radius 1 is 1.06 bits per heavy atom. The van der Waals surface area contributed by atoms with E-state index in [0.29, 0.717) is 11.3 Å². The number of hydrogen-bond donors (Lipinski definition) is 0. The van der Waals surface area contributed by atoms with Crippen molar-refractivity contribution in [1.82, 2.24) is 0 Å². The van der Waals surface area contributed by atoms with Gasteiger partial charge >= 0.3 is 23.9 Å². The fraction of sp³-hybridized carbons (Fsp3) is 0.565. The first-order valence-electron chi connectivity index (χ1n) is 10.8. The van der Waals surface area contributed by atoms with Crippen molar-refractivity contribution in [3.05, 3.63) is 36.1 Å². The van der Waals surface area contributed by atoms with E-state index in [1.54, 1.807) is 12.2 Å². The van der Waals surface area contributed by atoms with Gasteiger partial charge in [-0.2, -0.15) is 11.8 Å². The maximum absolute atomic E-state index is 12.1. The van der Waals surface area contributed by atoms with Crippen molar-refractivity contribution in [3.63, 3.8) is 0 Å². The van der Waals surface area contributed by atoms with E-state index in [1.807, 2.05) is 6.26 Å². The molecule has 0 saturated carbocycles. The highest BCUT2D eigenvalue weighted by molar-refractivity contribution is 7.98. The first kappa shape index (κ1) is 26.8. The maximum atomic E-state index is 12.1.